The van der Waals surface area contributed by atoms with Gasteiger partial charge in [0.1, 0.15) is 28.7 Å². The average molecular weight is 905 g/mol. The van der Waals surface area contributed by atoms with E-state index in [1.165, 1.54) is 41.1 Å². The fourth-order valence-electron chi connectivity index (χ4n) is 8.82. The molecule has 3 N–H and O–H groups in total. The first-order chi connectivity index (χ1) is 30.8. The highest BCUT2D eigenvalue weighted by atomic mass is 35.5. The second kappa shape index (κ2) is 17.7. The molecule has 17 heteroatoms. The molecule has 1 fully saturated rings. The molecule has 0 saturated carbocycles. The number of anilines is 2. The van der Waals surface area contributed by atoms with E-state index in [1.807, 2.05) is 28.9 Å². The molecule has 6 aromatic rings. The van der Waals surface area contributed by atoms with Crippen LogP contribution in [-0.4, -0.2) is 71.8 Å². The maximum absolute atomic E-state index is 14.0. The van der Waals surface area contributed by atoms with Crippen molar-refractivity contribution in [2.24, 2.45) is 11.3 Å². The molecule has 332 valence electrons. The van der Waals surface area contributed by atoms with Crippen molar-refractivity contribution in [1.29, 1.82) is 0 Å². The summed E-state index contributed by atoms with van der Waals surface area (Å²) < 4.78 is 43.4. The number of halogens is 1. The summed E-state index contributed by atoms with van der Waals surface area (Å²) in [6.07, 6.45) is 8.86. The fraction of sp³-hybridized carbons (Fsp3) is 0.340. The monoisotopic (exact) mass is 904 g/mol. The number of fused-ring (bicyclic) bond motifs is 2. The number of allylic oxidation sites excluding steroid dienone is 1. The molecule has 1 amide bonds. The molecule has 5 heterocycles. The molecule has 0 spiro atoms. The van der Waals surface area contributed by atoms with Crippen LogP contribution in [0.5, 0.6) is 11.5 Å². The van der Waals surface area contributed by atoms with Crippen LogP contribution in [0.25, 0.3) is 27.9 Å². The molecule has 0 radical (unpaired) electrons. The first-order valence-electron chi connectivity index (χ1n) is 21.5. The Balaban J connectivity index is 1.01. The van der Waals surface area contributed by atoms with Crippen LogP contribution >= 0.6 is 11.6 Å². The minimum atomic E-state index is -4.59. The number of nitrogens with zero attached hydrogens (tertiary/aromatic N) is 5. The lowest BCUT2D eigenvalue weighted by Gasteiger charge is -2.37. The lowest BCUT2D eigenvalue weighted by molar-refractivity contribution is -0.384. The van der Waals surface area contributed by atoms with E-state index in [9.17, 15) is 23.3 Å². The van der Waals surface area contributed by atoms with E-state index >= 15 is 0 Å². The highest BCUT2D eigenvalue weighted by Crippen LogP contribution is 2.44. The molecule has 2 aliphatic heterocycles. The molecule has 64 heavy (non-hydrogen) atoms. The van der Waals surface area contributed by atoms with E-state index in [1.54, 1.807) is 24.4 Å². The van der Waals surface area contributed by atoms with Crippen LogP contribution < -0.4 is 19.7 Å². The normalized spacial score (nSPS) is 16.7. The Morgan fingerprint density at radius 2 is 1.83 bits per heavy atom. The first kappa shape index (κ1) is 43.0. The molecular weight excluding hydrogens is 856 g/mol. The standard InChI is InChI=1S/C47H49ClN8O7S/c1-47(2)16-12-34(39(26-47)31-4-7-35(48)8-5-31)29-54-18-3-19-55-44(54)25-41(52-55)32-6-10-38(43(23-32)63-36-22-33-13-17-49-45(33)51-28-36)46(57)53-64(60,61)37-9-11-40(42(24-37)56(58)59)50-27-30-14-20-62-21-15-30/h4-11,13,17,22-25,28,30,50H,3,12,14-16,18-21,26-27,29H2,1-2H3,(H,49,51)(H,53,57). The number of sulfonamides is 1. The average Bonchev–Trinajstić information content (AvgIpc) is 3.95. The van der Waals surface area contributed by atoms with Crippen molar-refractivity contribution < 1.29 is 27.6 Å². The number of carbonyl (C=O) groups is 1. The van der Waals surface area contributed by atoms with Crippen molar-refractivity contribution in [3.05, 3.63) is 123 Å². The van der Waals surface area contributed by atoms with Crippen LogP contribution in [0.1, 0.15) is 68.3 Å². The number of aryl methyl sites for hydroxylation is 1. The van der Waals surface area contributed by atoms with E-state index < -0.39 is 31.4 Å². The maximum atomic E-state index is 14.0. The van der Waals surface area contributed by atoms with Crippen molar-refractivity contribution in [2.75, 3.05) is 43.1 Å². The number of pyridine rings is 1. The van der Waals surface area contributed by atoms with Gasteiger partial charge in [-0.15, -0.1) is 0 Å². The number of carbonyl (C=O) groups excluding carboxylic acids is 1. The van der Waals surface area contributed by atoms with Gasteiger partial charge in [0.25, 0.3) is 21.6 Å². The topological polar surface area (TPSA) is 187 Å². The van der Waals surface area contributed by atoms with Gasteiger partial charge in [0.05, 0.1) is 27.3 Å². The predicted molar refractivity (Wildman–Crippen MR) is 246 cm³/mol. The highest BCUT2D eigenvalue weighted by molar-refractivity contribution is 7.90. The molecule has 3 aromatic carbocycles. The second-order valence-electron chi connectivity index (χ2n) is 17.5. The van der Waals surface area contributed by atoms with Crippen LogP contribution in [0.2, 0.25) is 5.02 Å². The quantitative estimate of drug-likeness (QED) is 0.0740. The molecule has 1 saturated heterocycles. The zero-order chi connectivity index (χ0) is 44.6. The molecule has 15 nitrogen and oxygen atoms in total. The van der Waals surface area contributed by atoms with Crippen LogP contribution in [0.15, 0.2) is 102 Å². The van der Waals surface area contributed by atoms with Gasteiger partial charge < -0.3 is 24.7 Å². The van der Waals surface area contributed by atoms with Gasteiger partial charge in [-0.3, -0.25) is 14.9 Å². The number of ether oxygens (including phenoxy) is 2. The molecule has 9 rings (SSSR count). The summed E-state index contributed by atoms with van der Waals surface area (Å²) in [7, 11) is -4.59. The largest absolute Gasteiger partial charge is 0.455 e. The molecule has 0 unspecified atom stereocenters. The van der Waals surface area contributed by atoms with E-state index in [0.717, 1.165) is 75.4 Å². The van der Waals surface area contributed by atoms with Gasteiger partial charge in [-0.1, -0.05) is 43.6 Å². The van der Waals surface area contributed by atoms with Gasteiger partial charge in [-0.2, -0.15) is 5.10 Å². The number of nitro benzene ring substituents is 1. The van der Waals surface area contributed by atoms with Crippen molar-refractivity contribution in [3.63, 3.8) is 0 Å². The molecular formula is C47H49ClN8O7S. The van der Waals surface area contributed by atoms with Crippen molar-refractivity contribution in [3.8, 4) is 22.8 Å². The fourth-order valence-corrected chi connectivity index (χ4v) is 9.94. The van der Waals surface area contributed by atoms with Crippen LogP contribution in [0.4, 0.5) is 17.2 Å². The number of hydrogen-bond acceptors (Lipinski definition) is 11. The number of amides is 1. The van der Waals surface area contributed by atoms with E-state index in [-0.39, 0.29) is 28.3 Å². The summed E-state index contributed by atoms with van der Waals surface area (Å²) in [5, 5.41) is 21.7. The summed E-state index contributed by atoms with van der Waals surface area (Å²) in [6.45, 7) is 8.71. The highest BCUT2D eigenvalue weighted by Gasteiger charge is 2.31. The van der Waals surface area contributed by atoms with Crippen LogP contribution in [-0.2, 0) is 21.3 Å². The van der Waals surface area contributed by atoms with Crippen molar-refractivity contribution in [1.82, 2.24) is 24.5 Å². The Morgan fingerprint density at radius 1 is 1.03 bits per heavy atom. The third-order valence-corrected chi connectivity index (χ3v) is 14.0. The van der Waals surface area contributed by atoms with Gasteiger partial charge in [0, 0.05) is 73.7 Å². The van der Waals surface area contributed by atoms with E-state index in [0.29, 0.717) is 47.4 Å². The smallest absolute Gasteiger partial charge is 0.293 e. The summed E-state index contributed by atoms with van der Waals surface area (Å²) >= 11 is 6.28. The molecule has 0 bridgehead atoms. The Bertz CT molecular complexity index is 2890. The summed E-state index contributed by atoms with van der Waals surface area (Å²) in [4.78, 5) is 34.9. The zero-order valence-electron chi connectivity index (χ0n) is 35.6. The Kier molecular flexibility index (Phi) is 11.9. The lowest BCUT2D eigenvalue weighted by atomic mass is 9.72. The van der Waals surface area contributed by atoms with Gasteiger partial charge in [0.2, 0.25) is 0 Å². The Hall–Kier alpha value is -6.23. The number of nitrogens with one attached hydrogen (secondary N) is 3. The minimum absolute atomic E-state index is 0.0611. The van der Waals surface area contributed by atoms with Gasteiger partial charge in [0.15, 0.2) is 0 Å². The Morgan fingerprint density at radius 3 is 2.62 bits per heavy atom. The van der Waals surface area contributed by atoms with Gasteiger partial charge >= 0.3 is 0 Å². The number of benzene rings is 3. The molecule has 3 aromatic heterocycles. The number of aromatic nitrogens is 4. The van der Waals surface area contributed by atoms with Gasteiger partial charge in [-0.25, -0.2) is 22.8 Å². The van der Waals surface area contributed by atoms with Crippen molar-refractivity contribution >= 4 is 61.3 Å². The number of aromatic amines is 1. The van der Waals surface area contributed by atoms with Crippen LogP contribution in [0, 0.1) is 21.4 Å². The zero-order valence-corrected chi connectivity index (χ0v) is 37.2. The van der Waals surface area contributed by atoms with E-state index in [4.69, 9.17) is 26.2 Å². The Labute approximate surface area is 376 Å². The predicted octanol–water partition coefficient (Wildman–Crippen LogP) is 9.61. The molecule has 0 atom stereocenters. The molecule has 3 aliphatic rings. The lowest BCUT2D eigenvalue weighted by Crippen LogP contribution is -2.35. The van der Waals surface area contributed by atoms with Gasteiger partial charge in [-0.05, 0) is 115 Å². The summed E-state index contributed by atoms with van der Waals surface area (Å²) in [6, 6.07) is 22.2. The number of hydrogen-bond donors (Lipinski definition) is 3. The third kappa shape index (κ3) is 9.35. The number of H-pyrrole nitrogens is 1. The van der Waals surface area contributed by atoms with E-state index in [2.05, 4.69) is 50.9 Å². The van der Waals surface area contributed by atoms with Crippen molar-refractivity contribution in [2.45, 2.75) is 63.8 Å². The minimum Gasteiger partial charge on any atom is -0.455 e. The number of nitro groups is 1. The summed E-state index contributed by atoms with van der Waals surface area (Å²) in [5.41, 5.74) is 5.76. The SMILES string of the molecule is CC1(C)CCC(CN2CCCn3nc(-c4ccc(C(=O)NS(=O)(=O)c5ccc(NCC6CCOCC6)c([N+](=O)[O-])c5)c(Oc5cnc6[nH]ccc6c5)c4)cc32)=C(c2ccc(Cl)cc2)C1. The number of rotatable bonds is 13. The first-order valence-corrected chi connectivity index (χ1v) is 23.4. The molecule has 1 aliphatic carbocycles. The third-order valence-electron chi connectivity index (χ3n) is 12.4. The second-order valence-corrected chi connectivity index (χ2v) is 19.6. The maximum Gasteiger partial charge on any atom is 0.293 e. The summed E-state index contributed by atoms with van der Waals surface area (Å²) in [5.74, 6) is 0.630. The van der Waals surface area contributed by atoms with Crippen LogP contribution in [0.3, 0.4) is 0 Å².